The van der Waals surface area contributed by atoms with E-state index in [4.69, 9.17) is 4.74 Å². The average molecular weight is 241 g/mol. The molecule has 0 unspecified atom stereocenters. The lowest BCUT2D eigenvalue weighted by atomic mass is 10.1. The van der Waals surface area contributed by atoms with Crippen LogP contribution in [0.5, 0.6) is 5.75 Å². The molecule has 0 radical (unpaired) electrons. The number of carbonyl (C=O) groups excluding carboxylic acids is 1. The average Bonchev–Trinajstić information content (AvgIpc) is 2.39. The topological polar surface area (TPSA) is 39.2 Å². The number of Topliss-reactive ketones (excluding diaryl/α,β-unsaturated/α-hetero) is 1. The molecule has 3 heteroatoms. The van der Waals surface area contributed by atoms with Gasteiger partial charge in [0.25, 0.3) is 0 Å². The first kappa shape index (κ1) is 12.3. The summed E-state index contributed by atoms with van der Waals surface area (Å²) in [4.78, 5) is 16.2. The number of carbonyl (C=O) groups is 1. The van der Waals surface area contributed by atoms with Crippen molar-refractivity contribution in [1.29, 1.82) is 0 Å². The van der Waals surface area contributed by atoms with Crippen LogP contribution in [0.15, 0.2) is 42.6 Å². The Kier molecular flexibility index (Phi) is 3.72. The minimum absolute atomic E-state index is 0.0655. The Bertz CT molecular complexity index is 547. The van der Waals surface area contributed by atoms with Crippen molar-refractivity contribution < 1.29 is 9.53 Å². The van der Waals surface area contributed by atoms with E-state index in [1.807, 2.05) is 19.1 Å². The lowest BCUT2D eigenvalue weighted by Gasteiger charge is -2.03. The Morgan fingerprint density at radius 1 is 1.22 bits per heavy atom. The standard InChI is InChI=1S/C15H15NO2/c1-11-7-8-16-13(9-11)10-15(17)12-3-5-14(18-2)6-4-12/h3-9H,10H2,1-2H3. The molecular formula is C15H15NO2. The molecule has 0 aliphatic rings. The van der Waals surface area contributed by atoms with E-state index in [0.717, 1.165) is 17.0 Å². The molecule has 3 nitrogen and oxygen atoms in total. The van der Waals surface area contributed by atoms with Crippen LogP contribution in [-0.4, -0.2) is 17.9 Å². The summed E-state index contributed by atoms with van der Waals surface area (Å²) in [5.74, 6) is 0.816. The fourth-order valence-electron chi connectivity index (χ4n) is 1.74. The summed E-state index contributed by atoms with van der Waals surface area (Å²) in [6.45, 7) is 1.99. The molecule has 0 saturated carbocycles. The Labute approximate surface area is 106 Å². The summed E-state index contributed by atoms with van der Waals surface area (Å²) in [5, 5.41) is 0. The third kappa shape index (κ3) is 2.94. The zero-order chi connectivity index (χ0) is 13.0. The van der Waals surface area contributed by atoms with Gasteiger partial charge in [0.2, 0.25) is 0 Å². The van der Waals surface area contributed by atoms with E-state index in [-0.39, 0.29) is 5.78 Å². The number of benzene rings is 1. The molecule has 0 aliphatic heterocycles. The minimum Gasteiger partial charge on any atom is -0.497 e. The number of hydrogen-bond donors (Lipinski definition) is 0. The van der Waals surface area contributed by atoms with Gasteiger partial charge in [0.15, 0.2) is 5.78 Å². The van der Waals surface area contributed by atoms with Gasteiger partial charge in [0.05, 0.1) is 13.5 Å². The van der Waals surface area contributed by atoms with Crippen LogP contribution < -0.4 is 4.74 Å². The Hall–Kier alpha value is -2.16. The second kappa shape index (κ2) is 5.45. The second-order valence-electron chi connectivity index (χ2n) is 4.15. The summed E-state index contributed by atoms with van der Waals surface area (Å²) in [6.07, 6.45) is 2.06. The molecule has 1 aromatic heterocycles. The van der Waals surface area contributed by atoms with Crippen LogP contribution in [0.4, 0.5) is 0 Å². The number of ether oxygens (including phenoxy) is 1. The zero-order valence-electron chi connectivity index (χ0n) is 10.5. The van der Waals surface area contributed by atoms with Crippen LogP contribution in [0.3, 0.4) is 0 Å². The molecule has 18 heavy (non-hydrogen) atoms. The van der Waals surface area contributed by atoms with Gasteiger partial charge in [0.1, 0.15) is 5.75 Å². The van der Waals surface area contributed by atoms with Gasteiger partial charge in [-0.3, -0.25) is 9.78 Å². The van der Waals surface area contributed by atoms with Gasteiger partial charge in [-0.1, -0.05) is 0 Å². The lowest BCUT2D eigenvalue weighted by Crippen LogP contribution is -2.05. The van der Waals surface area contributed by atoms with E-state index in [9.17, 15) is 4.79 Å². The number of rotatable bonds is 4. The van der Waals surface area contributed by atoms with Gasteiger partial charge in [-0.15, -0.1) is 0 Å². The number of ketones is 1. The maximum atomic E-state index is 12.0. The molecule has 0 aliphatic carbocycles. The highest BCUT2D eigenvalue weighted by atomic mass is 16.5. The van der Waals surface area contributed by atoms with Crippen LogP contribution >= 0.6 is 0 Å². The monoisotopic (exact) mass is 241 g/mol. The normalized spacial score (nSPS) is 10.1. The lowest BCUT2D eigenvalue weighted by molar-refractivity contribution is 0.0992. The Balaban J connectivity index is 2.11. The smallest absolute Gasteiger partial charge is 0.168 e. The van der Waals surface area contributed by atoms with Crippen LogP contribution in [0, 0.1) is 6.92 Å². The molecule has 2 aromatic rings. The molecule has 0 N–H and O–H groups in total. The first-order valence-corrected chi connectivity index (χ1v) is 5.78. The van der Waals surface area contributed by atoms with Crippen molar-refractivity contribution in [2.75, 3.05) is 7.11 Å². The molecule has 2 rings (SSSR count). The van der Waals surface area contributed by atoms with Crippen molar-refractivity contribution in [2.45, 2.75) is 13.3 Å². The third-order valence-corrected chi connectivity index (χ3v) is 2.73. The maximum absolute atomic E-state index is 12.0. The maximum Gasteiger partial charge on any atom is 0.168 e. The second-order valence-corrected chi connectivity index (χ2v) is 4.15. The summed E-state index contributed by atoms with van der Waals surface area (Å²) >= 11 is 0. The highest BCUT2D eigenvalue weighted by Crippen LogP contribution is 2.13. The number of hydrogen-bond acceptors (Lipinski definition) is 3. The molecule has 0 saturated heterocycles. The van der Waals surface area contributed by atoms with Crippen molar-refractivity contribution in [3.05, 3.63) is 59.4 Å². The van der Waals surface area contributed by atoms with Crippen molar-refractivity contribution in [3.8, 4) is 5.75 Å². The molecule has 1 heterocycles. The highest BCUT2D eigenvalue weighted by Gasteiger charge is 2.08. The zero-order valence-corrected chi connectivity index (χ0v) is 10.5. The van der Waals surface area contributed by atoms with E-state index in [1.165, 1.54) is 0 Å². The molecule has 92 valence electrons. The Morgan fingerprint density at radius 3 is 2.56 bits per heavy atom. The van der Waals surface area contributed by atoms with Crippen LogP contribution in [0.2, 0.25) is 0 Å². The van der Waals surface area contributed by atoms with E-state index >= 15 is 0 Å². The SMILES string of the molecule is COc1ccc(C(=O)Cc2cc(C)ccn2)cc1. The Morgan fingerprint density at radius 2 is 1.94 bits per heavy atom. The third-order valence-electron chi connectivity index (χ3n) is 2.73. The summed E-state index contributed by atoms with van der Waals surface area (Å²) in [7, 11) is 1.60. The van der Waals surface area contributed by atoms with Gasteiger partial charge < -0.3 is 4.74 Å². The van der Waals surface area contributed by atoms with Gasteiger partial charge in [0, 0.05) is 17.5 Å². The molecule has 0 bridgehead atoms. The van der Waals surface area contributed by atoms with Gasteiger partial charge in [-0.05, 0) is 48.9 Å². The summed E-state index contributed by atoms with van der Waals surface area (Å²) in [5.41, 5.74) is 2.59. The van der Waals surface area contributed by atoms with E-state index in [2.05, 4.69) is 4.98 Å². The van der Waals surface area contributed by atoms with Crippen molar-refractivity contribution in [2.24, 2.45) is 0 Å². The van der Waals surface area contributed by atoms with Gasteiger partial charge in [-0.25, -0.2) is 0 Å². The number of methoxy groups -OCH3 is 1. The molecule has 0 fully saturated rings. The highest BCUT2D eigenvalue weighted by molar-refractivity contribution is 5.97. The number of aryl methyl sites for hydroxylation is 1. The largest absolute Gasteiger partial charge is 0.497 e. The fraction of sp³-hybridized carbons (Fsp3) is 0.200. The van der Waals surface area contributed by atoms with E-state index < -0.39 is 0 Å². The predicted molar refractivity (Wildman–Crippen MR) is 70.0 cm³/mol. The number of pyridine rings is 1. The van der Waals surface area contributed by atoms with Crippen molar-refractivity contribution in [3.63, 3.8) is 0 Å². The van der Waals surface area contributed by atoms with Crippen LogP contribution in [-0.2, 0) is 6.42 Å². The van der Waals surface area contributed by atoms with Gasteiger partial charge >= 0.3 is 0 Å². The molecule has 0 amide bonds. The van der Waals surface area contributed by atoms with E-state index in [1.54, 1.807) is 37.6 Å². The quantitative estimate of drug-likeness (QED) is 0.773. The molecule has 0 atom stereocenters. The molecule has 1 aromatic carbocycles. The fourth-order valence-corrected chi connectivity index (χ4v) is 1.74. The first-order valence-electron chi connectivity index (χ1n) is 5.78. The van der Waals surface area contributed by atoms with Crippen LogP contribution in [0.1, 0.15) is 21.6 Å². The van der Waals surface area contributed by atoms with Crippen LogP contribution in [0.25, 0.3) is 0 Å². The van der Waals surface area contributed by atoms with Crippen molar-refractivity contribution in [1.82, 2.24) is 4.98 Å². The predicted octanol–water partition coefficient (Wildman–Crippen LogP) is 2.82. The first-order chi connectivity index (χ1) is 8.69. The summed E-state index contributed by atoms with van der Waals surface area (Å²) < 4.78 is 5.06. The summed E-state index contributed by atoms with van der Waals surface area (Å²) in [6, 6.07) is 11.0. The van der Waals surface area contributed by atoms with Gasteiger partial charge in [-0.2, -0.15) is 0 Å². The minimum atomic E-state index is 0.0655. The molecular weight excluding hydrogens is 226 g/mol. The number of aromatic nitrogens is 1. The van der Waals surface area contributed by atoms with E-state index in [0.29, 0.717) is 12.0 Å². The van der Waals surface area contributed by atoms with Crippen molar-refractivity contribution >= 4 is 5.78 Å². The molecule has 0 spiro atoms. The number of nitrogens with zero attached hydrogens (tertiary/aromatic N) is 1.